The van der Waals surface area contributed by atoms with E-state index in [0.717, 1.165) is 18.4 Å². The van der Waals surface area contributed by atoms with Crippen molar-refractivity contribution >= 4 is 17.5 Å². The molecule has 1 amide bonds. The van der Waals surface area contributed by atoms with Crippen molar-refractivity contribution in [2.24, 2.45) is 0 Å². The number of carbonyl (C=O) groups is 1. The van der Waals surface area contributed by atoms with Crippen LogP contribution >= 0.6 is 11.6 Å². The number of rotatable bonds is 5. The highest BCUT2D eigenvalue weighted by Crippen LogP contribution is 2.50. The number of nitrogens with zero attached hydrogens (tertiary/aromatic N) is 1. The molecule has 20 heavy (non-hydrogen) atoms. The van der Waals surface area contributed by atoms with E-state index in [1.54, 1.807) is 18.7 Å². The second kappa shape index (κ2) is 5.38. The van der Waals surface area contributed by atoms with Crippen molar-refractivity contribution in [1.82, 2.24) is 4.90 Å². The smallest absolute Gasteiger partial charge is 0.233 e. The molecule has 1 aliphatic carbocycles. The molecule has 1 aromatic rings. The second-order valence-electron chi connectivity index (χ2n) is 6.22. The standard InChI is InChI=1S/C16H22ClNO2/c1-4-18(11-15(2,3)20)14(19)16(8-9-16)12-6-5-7-13(17)10-12/h5-7,10,20H,4,8-9,11H2,1-3H3. The summed E-state index contributed by atoms with van der Waals surface area (Å²) in [5.74, 6) is 0.101. The highest BCUT2D eigenvalue weighted by atomic mass is 35.5. The Morgan fingerprint density at radius 3 is 2.55 bits per heavy atom. The molecule has 0 radical (unpaired) electrons. The molecule has 0 bridgehead atoms. The Morgan fingerprint density at radius 2 is 2.10 bits per heavy atom. The molecule has 0 unspecified atom stereocenters. The minimum Gasteiger partial charge on any atom is -0.389 e. The van der Waals surface area contributed by atoms with Gasteiger partial charge in [0.1, 0.15) is 0 Å². The van der Waals surface area contributed by atoms with Gasteiger partial charge in [-0.15, -0.1) is 0 Å². The van der Waals surface area contributed by atoms with E-state index >= 15 is 0 Å². The van der Waals surface area contributed by atoms with E-state index in [1.807, 2.05) is 31.2 Å². The van der Waals surface area contributed by atoms with Crippen molar-refractivity contribution in [2.75, 3.05) is 13.1 Å². The topological polar surface area (TPSA) is 40.5 Å². The van der Waals surface area contributed by atoms with Crippen LogP contribution in [-0.2, 0) is 10.2 Å². The summed E-state index contributed by atoms with van der Waals surface area (Å²) in [6, 6.07) is 7.55. The molecule has 0 atom stereocenters. The summed E-state index contributed by atoms with van der Waals surface area (Å²) in [4.78, 5) is 14.6. The van der Waals surface area contributed by atoms with Crippen molar-refractivity contribution in [1.29, 1.82) is 0 Å². The molecule has 3 nitrogen and oxygen atoms in total. The largest absolute Gasteiger partial charge is 0.389 e. The maximum absolute atomic E-state index is 12.8. The van der Waals surface area contributed by atoms with Gasteiger partial charge in [-0.2, -0.15) is 0 Å². The van der Waals surface area contributed by atoms with Crippen LogP contribution in [0.15, 0.2) is 24.3 Å². The van der Waals surface area contributed by atoms with Crippen LogP contribution in [-0.4, -0.2) is 34.6 Å². The van der Waals surface area contributed by atoms with Gasteiger partial charge < -0.3 is 10.0 Å². The average Bonchev–Trinajstić information content (AvgIpc) is 3.15. The number of halogens is 1. The Hall–Kier alpha value is -1.06. The number of carbonyl (C=O) groups excluding carboxylic acids is 1. The third-order valence-corrected chi connectivity index (χ3v) is 4.02. The fourth-order valence-electron chi connectivity index (χ4n) is 2.63. The van der Waals surface area contributed by atoms with Gasteiger partial charge in [0.15, 0.2) is 0 Å². The Morgan fingerprint density at radius 1 is 1.45 bits per heavy atom. The molecule has 2 rings (SSSR count). The number of benzene rings is 1. The number of amides is 1. The molecule has 4 heteroatoms. The Labute approximate surface area is 125 Å². The minimum atomic E-state index is -0.879. The van der Waals surface area contributed by atoms with Gasteiger partial charge in [0.05, 0.1) is 11.0 Å². The van der Waals surface area contributed by atoms with Crippen LogP contribution in [0, 0.1) is 0 Å². The third-order valence-electron chi connectivity index (χ3n) is 3.78. The zero-order chi connectivity index (χ0) is 15.0. The molecule has 0 spiro atoms. The normalized spacial score (nSPS) is 16.9. The second-order valence-corrected chi connectivity index (χ2v) is 6.66. The van der Waals surface area contributed by atoms with Crippen LogP contribution in [0.5, 0.6) is 0 Å². The predicted octanol–water partition coefficient (Wildman–Crippen LogP) is 2.99. The molecule has 110 valence electrons. The van der Waals surface area contributed by atoms with Gasteiger partial charge in [0.2, 0.25) is 5.91 Å². The summed E-state index contributed by atoms with van der Waals surface area (Å²) in [7, 11) is 0. The van der Waals surface area contributed by atoms with Gasteiger partial charge in [0.25, 0.3) is 0 Å². The Kier molecular flexibility index (Phi) is 4.12. The van der Waals surface area contributed by atoms with Gasteiger partial charge in [-0.1, -0.05) is 23.7 Å². The lowest BCUT2D eigenvalue weighted by atomic mass is 9.93. The van der Waals surface area contributed by atoms with Crippen LogP contribution in [0.4, 0.5) is 0 Å². The molecule has 1 saturated carbocycles. The molecular formula is C16H22ClNO2. The highest BCUT2D eigenvalue weighted by molar-refractivity contribution is 6.30. The van der Waals surface area contributed by atoms with Crippen molar-refractivity contribution in [3.05, 3.63) is 34.9 Å². The first-order valence-corrected chi connectivity index (χ1v) is 7.44. The van der Waals surface area contributed by atoms with Crippen molar-refractivity contribution in [3.8, 4) is 0 Å². The Bertz CT molecular complexity index is 503. The molecule has 0 aliphatic heterocycles. The monoisotopic (exact) mass is 295 g/mol. The van der Waals surface area contributed by atoms with Gasteiger partial charge in [-0.05, 0) is 51.3 Å². The molecule has 0 saturated heterocycles. The van der Waals surface area contributed by atoms with Crippen LogP contribution in [0.3, 0.4) is 0 Å². The van der Waals surface area contributed by atoms with Gasteiger partial charge in [0, 0.05) is 18.1 Å². The summed E-state index contributed by atoms with van der Waals surface area (Å²) in [6.45, 7) is 6.34. The van der Waals surface area contributed by atoms with E-state index in [2.05, 4.69) is 0 Å². The van der Waals surface area contributed by atoms with Crippen LogP contribution in [0.1, 0.15) is 39.2 Å². The fourth-order valence-corrected chi connectivity index (χ4v) is 2.82. The fraction of sp³-hybridized carbons (Fsp3) is 0.562. The molecule has 1 N–H and O–H groups in total. The lowest BCUT2D eigenvalue weighted by Gasteiger charge is -2.31. The molecule has 0 aromatic heterocycles. The molecular weight excluding hydrogens is 274 g/mol. The SMILES string of the molecule is CCN(CC(C)(C)O)C(=O)C1(c2cccc(Cl)c2)CC1. The van der Waals surface area contributed by atoms with Crippen molar-refractivity contribution in [2.45, 2.75) is 44.6 Å². The molecule has 1 aromatic carbocycles. The van der Waals surface area contributed by atoms with Crippen LogP contribution in [0.25, 0.3) is 0 Å². The maximum atomic E-state index is 12.8. The zero-order valence-electron chi connectivity index (χ0n) is 12.3. The first-order valence-electron chi connectivity index (χ1n) is 7.06. The van der Waals surface area contributed by atoms with E-state index < -0.39 is 11.0 Å². The van der Waals surface area contributed by atoms with Crippen LogP contribution in [0.2, 0.25) is 5.02 Å². The summed E-state index contributed by atoms with van der Waals surface area (Å²) >= 11 is 6.04. The number of hydrogen-bond donors (Lipinski definition) is 1. The predicted molar refractivity (Wildman–Crippen MR) is 80.9 cm³/mol. The lowest BCUT2D eigenvalue weighted by Crippen LogP contribution is -2.46. The number of aliphatic hydroxyl groups is 1. The first kappa shape index (κ1) is 15.3. The van der Waals surface area contributed by atoms with Crippen molar-refractivity contribution in [3.63, 3.8) is 0 Å². The van der Waals surface area contributed by atoms with E-state index in [1.165, 1.54) is 0 Å². The zero-order valence-corrected chi connectivity index (χ0v) is 13.1. The van der Waals surface area contributed by atoms with E-state index in [4.69, 9.17) is 11.6 Å². The summed E-state index contributed by atoms with van der Waals surface area (Å²) in [6.07, 6.45) is 1.71. The highest BCUT2D eigenvalue weighted by Gasteiger charge is 2.53. The molecule has 0 heterocycles. The number of likely N-dealkylation sites (N-methyl/N-ethyl adjacent to an activating group) is 1. The van der Waals surface area contributed by atoms with E-state index in [0.29, 0.717) is 18.1 Å². The van der Waals surface area contributed by atoms with Crippen molar-refractivity contribution < 1.29 is 9.90 Å². The maximum Gasteiger partial charge on any atom is 0.233 e. The first-order chi connectivity index (χ1) is 9.28. The van der Waals surface area contributed by atoms with E-state index in [-0.39, 0.29) is 5.91 Å². The van der Waals surface area contributed by atoms with Crippen LogP contribution < -0.4 is 0 Å². The van der Waals surface area contributed by atoms with Gasteiger partial charge in [-0.25, -0.2) is 0 Å². The summed E-state index contributed by atoms with van der Waals surface area (Å²) in [5.41, 5.74) is -0.313. The van der Waals surface area contributed by atoms with E-state index in [9.17, 15) is 9.90 Å². The molecule has 1 aliphatic rings. The third kappa shape index (κ3) is 3.15. The lowest BCUT2D eigenvalue weighted by molar-refractivity contribution is -0.136. The summed E-state index contributed by atoms with van der Waals surface area (Å²) < 4.78 is 0. The molecule has 1 fully saturated rings. The average molecular weight is 296 g/mol. The quantitative estimate of drug-likeness (QED) is 0.907. The minimum absolute atomic E-state index is 0.101. The van der Waals surface area contributed by atoms with Gasteiger partial charge >= 0.3 is 0 Å². The Balaban J connectivity index is 2.23. The summed E-state index contributed by atoms with van der Waals surface area (Å²) in [5, 5.41) is 10.6. The number of hydrogen-bond acceptors (Lipinski definition) is 2. The van der Waals surface area contributed by atoms with Gasteiger partial charge in [-0.3, -0.25) is 4.79 Å².